The Hall–Kier alpha value is -1.88. The molecule has 0 aliphatic rings. The minimum atomic E-state index is -0.294. The Morgan fingerprint density at radius 2 is 2.15 bits per heavy atom. The fourth-order valence-corrected chi connectivity index (χ4v) is 2.21. The van der Waals surface area contributed by atoms with E-state index in [4.69, 9.17) is 0 Å². The molecule has 5 heteroatoms. The second-order valence-corrected chi connectivity index (χ2v) is 5.23. The van der Waals surface area contributed by atoms with E-state index < -0.39 is 0 Å². The Morgan fingerprint density at radius 3 is 2.85 bits per heavy atom. The van der Waals surface area contributed by atoms with Crippen molar-refractivity contribution in [1.82, 2.24) is 15.2 Å². The maximum Gasteiger partial charge on any atom is 0.268 e. The summed E-state index contributed by atoms with van der Waals surface area (Å²) in [6.07, 6.45) is 0.895. The average molecular weight is 277 g/mol. The zero-order chi connectivity index (χ0) is 14.7. The van der Waals surface area contributed by atoms with E-state index in [1.54, 1.807) is 6.07 Å². The molecule has 0 aliphatic heterocycles. The van der Waals surface area contributed by atoms with Gasteiger partial charge in [-0.3, -0.25) is 4.79 Å². The Bertz CT molecular complexity index is 619. The van der Waals surface area contributed by atoms with Gasteiger partial charge in [0.15, 0.2) is 0 Å². The SMILES string of the molecule is Cc1c(C(=O)NCCCN(C)C)[nH]c2ccc(F)cc12. The fourth-order valence-electron chi connectivity index (χ4n) is 2.21. The van der Waals surface area contributed by atoms with E-state index in [9.17, 15) is 9.18 Å². The molecule has 1 aromatic carbocycles. The van der Waals surface area contributed by atoms with Crippen molar-refractivity contribution in [1.29, 1.82) is 0 Å². The predicted octanol–water partition coefficient (Wildman–Crippen LogP) is 2.30. The molecule has 108 valence electrons. The molecule has 0 saturated heterocycles. The van der Waals surface area contributed by atoms with Gasteiger partial charge in [-0.25, -0.2) is 4.39 Å². The first-order valence-corrected chi connectivity index (χ1v) is 6.70. The number of carbonyl (C=O) groups is 1. The molecule has 1 amide bonds. The third-order valence-corrected chi connectivity index (χ3v) is 3.32. The summed E-state index contributed by atoms with van der Waals surface area (Å²) in [5.74, 6) is -0.435. The molecule has 0 aliphatic carbocycles. The lowest BCUT2D eigenvalue weighted by molar-refractivity contribution is 0.0947. The largest absolute Gasteiger partial charge is 0.351 e. The molecule has 2 aromatic rings. The van der Waals surface area contributed by atoms with E-state index in [0.717, 1.165) is 29.4 Å². The van der Waals surface area contributed by atoms with Gasteiger partial charge in [-0.15, -0.1) is 0 Å². The molecule has 20 heavy (non-hydrogen) atoms. The van der Waals surface area contributed by atoms with Crippen LogP contribution >= 0.6 is 0 Å². The standard InChI is InChI=1S/C15H20FN3O/c1-10-12-9-11(16)5-6-13(12)18-14(10)15(20)17-7-4-8-19(2)3/h5-6,9,18H,4,7-8H2,1-3H3,(H,17,20). The highest BCUT2D eigenvalue weighted by atomic mass is 19.1. The van der Waals surface area contributed by atoms with Gasteiger partial charge >= 0.3 is 0 Å². The van der Waals surface area contributed by atoms with Gasteiger partial charge in [0.2, 0.25) is 0 Å². The van der Waals surface area contributed by atoms with Gasteiger partial charge in [-0.05, 0) is 57.7 Å². The summed E-state index contributed by atoms with van der Waals surface area (Å²) in [6.45, 7) is 3.38. The molecule has 0 spiro atoms. The normalized spacial score (nSPS) is 11.2. The summed E-state index contributed by atoms with van der Waals surface area (Å²) in [5.41, 5.74) is 2.07. The van der Waals surface area contributed by atoms with Gasteiger partial charge in [0, 0.05) is 17.4 Å². The molecular weight excluding hydrogens is 257 g/mol. The number of fused-ring (bicyclic) bond motifs is 1. The van der Waals surface area contributed by atoms with Crippen LogP contribution in [0.3, 0.4) is 0 Å². The van der Waals surface area contributed by atoms with Crippen molar-refractivity contribution >= 4 is 16.8 Å². The number of aryl methyl sites for hydroxylation is 1. The van der Waals surface area contributed by atoms with E-state index in [2.05, 4.69) is 15.2 Å². The van der Waals surface area contributed by atoms with E-state index in [0.29, 0.717) is 12.2 Å². The minimum absolute atomic E-state index is 0.141. The lowest BCUT2D eigenvalue weighted by atomic mass is 10.1. The number of benzene rings is 1. The molecule has 0 fully saturated rings. The summed E-state index contributed by atoms with van der Waals surface area (Å²) in [7, 11) is 4.00. The van der Waals surface area contributed by atoms with E-state index in [-0.39, 0.29) is 11.7 Å². The number of aromatic nitrogens is 1. The van der Waals surface area contributed by atoms with Crippen molar-refractivity contribution in [2.45, 2.75) is 13.3 Å². The molecule has 0 radical (unpaired) electrons. The second-order valence-electron chi connectivity index (χ2n) is 5.23. The summed E-state index contributed by atoms with van der Waals surface area (Å²) in [4.78, 5) is 17.2. The molecule has 0 bridgehead atoms. The van der Waals surface area contributed by atoms with Crippen LogP contribution in [0, 0.1) is 12.7 Å². The number of carbonyl (C=O) groups excluding carboxylic acids is 1. The summed E-state index contributed by atoms with van der Waals surface area (Å²) >= 11 is 0. The Balaban J connectivity index is 2.08. The topological polar surface area (TPSA) is 48.1 Å². The van der Waals surface area contributed by atoms with E-state index >= 15 is 0 Å². The van der Waals surface area contributed by atoms with Crippen LogP contribution < -0.4 is 5.32 Å². The lowest BCUT2D eigenvalue weighted by Gasteiger charge is -2.09. The van der Waals surface area contributed by atoms with Gasteiger partial charge in [0.25, 0.3) is 5.91 Å². The molecule has 0 atom stereocenters. The number of aromatic amines is 1. The van der Waals surface area contributed by atoms with E-state index in [1.807, 2.05) is 21.0 Å². The number of halogens is 1. The van der Waals surface area contributed by atoms with Crippen molar-refractivity contribution in [3.63, 3.8) is 0 Å². The van der Waals surface area contributed by atoms with Gasteiger partial charge in [0.05, 0.1) is 0 Å². The van der Waals surface area contributed by atoms with Crippen LogP contribution in [-0.4, -0.2) is 43.0 Å². The summed E-state index contributed by atoms with van der Waals surface area (Å²) < 4.78 is 13.2. The first-order chi connectivity index (χ1) is 9.49. The van der Waals surface area contributed by atoms with Crippen molar-refractivity contribution in [3.8, 4) is 0 Å². The van der Waals surface area contributed by atoms with Crippen molar-refractivity contribution in [3.05, 3.63) is 35.3 Å². The highest BCUT2D eigenvalue weighted by molar-refractivity contribution is 6.00. The second kappa shape index (κ2) is 6.05. The van der Waals surface area contributed by atoms with Crippen LogP contribution in [0.4, 0.5) is 4.39 Å². The number of hydrogen-bond acceptors (Lipinski definition) is 2. The smallest absolute Gasteiger partial charge is 0.268 e. The highest BCUT2D eigenvalue weighted by Gasteiger charge is 2.14. The third kappa shape index (κ3) is 3.17. The maximum atomic E-state index is 13.2. The molecule has 1 heterocycles. The summed E-state index contributed by atoms with van der Waals surface area (Å²) in [5, 5.41) is 3.63. The molecular formula is C15H20FN3O. The van der Waals surface area contributed by atoms with Crippen LogP contribution in [0.25, 0.3) is 10.9 Å². The van der Waals surface area contributed by atoms with Crippen LogP contribution in [0.2, 0.25) is 0 Å². The zero-order valence-corrected chi connectivity index (χ0v) is 12.1. The quantitative estimate of drug-likeness (QED) is 0.824. The van der Waals surface area contributed by atoms with Gasteiger partial charge in [-0.1, -0.05) is 0 Å². The average Bonchev–Trinajstić information content (AvgIpc) is 2.72. The molecule has 0 saturated carbocycles. The third-order valence-electron chi connectivity index (χ3n) is 3.32. The van der Waals surface area contributed by atoms with Crippen molar-refractivity contribution in [2.24, 2.45) is 0 Å². The Morgan fingerprint density at radius 1 is 1.40 bits per heavy atom. The monoisotopic (exact) mass is 277 g/mol. The summed E-state index contributed by atoms with van der Waals surface area (Å²) in [6, 6.07) is 4.49. The van der Waals surface area contributed by atoms with Gasteiger partial charge < -0.3 is 15.2 Å². The Kier molecular flexibility index (Phi) is 4.39. The zero-order valence-electron chi connectivity index (χ0n) is 12.1. The molecule has 4 nitrogen and oxygen atoms in total. The van der Waals surface area contributed by atoms with Crippen LogP contribution in [0.15, 0.2) is 18.2 Å². The minimum Gasteiger partial charge on any atom is -0.351 e. The van der Waals surface area contributed by atoms with Gasteiger partial charge in [-0.2, -0.15) is 0 Å². The molecule has 2 rings (SSSR count). The van der Waals surface area contributed by atoms with Gasteiger partial charge in [0.1, 0.15) is 11.5 Å². The van der Waals surface area contributed by atoms with Crippen molar-refractivity contribution < 1.29 is 9.18 Å². The fraction of sp³-hybridized carbons (Fsp3) is 0.400. The number of hydrogen-bond donors (Lipinski definition) is 2. The van der Waals surface area contributed by atoms with Crippen molar-refractivity contribution in [2.75, 3.05) is 27.2 Å². The molecule has 0 unspecified atom stereocenters. The number of nitrogens with one attached hydrogen (secondary N) is 2. The molecule has 2 N–H and O–H groups in total. The number of rotatable bonds is 5. The first-order valence-electron chi connectivity index (χ1n) is 6.70. The van der Waals surface area contributed by atoms with Crippen LogP contribution in [0.1, 0.15) is 22.5 Å². The number of nitrogens with zero attached hydrogens (tertiary/aromatic N) is 1. The molecule has 1 aromatic heterocycles. The Labute approximate surface area is 118 Å². The lowest BCUT2D eigenvalue weighted by Crippen LogP contribution is -2.27. The highest BCUT2D eigenvalue weighted by Crippen LogP contribution is 2.22. The van der Waals surface area contributed by atoms with Crippen LogP contribution in [-0.2, 0) is 0 Å². The first kappa shape index (κ1) is 14.5. The van der Waals surface area contributed by atoms with Crippen LogP contribution in [0.5, 0.6) is 0 Å². The number of H-pyrrole nitrogens is 1. The number of amides is 1. The predicted molar refractivity (Wildman–Crippen MR) is 78.5 cm³/mol. The maximum absolute atomic E-state index is 13.2. The van der Waals surface area contributed by atoms with E-state index in [1.165, 1.54) is 12.1 Å².